The maximum absolute atomic E-state index is 11.1. The van der Waals surface area contributed by atoms with E-state index in [2.05, 4.69) is 96.1 Å². The van der Waals surface area contributed by atoms with Crippen molar-refractivity contribution in [2.75, 3.05) is 30.9 Å². The summed E-state index contributed by atoms with van der Waals surface area (Å²) in [6.45, 7) is 7.31. The Hall–Kier alpha value is -3.46. The number of hydrogen-bond donors (Lipinski definition) is 0. The summed E-state index contributed by atoms with van der Waals surface area (Å²) >= 11 is 1.73. The van der Waals surface area contributed by atoms with Crippen LogP contribution >= 0.6 is 11.3 Å². The van der Waals surface area contributed by atoms with Crippen LogP contribution in [0, 0.1) is 0 Å². The van der Waals surface area contributed by atoms with Gasteiger partial charge in [0.25, 0.3) is 0 Å². The topological polar surface area (TPSA) is 73.5 Å². The Labute approximate surface area is 267 Å². The first-order chi connectivity index (χ1) is 21.3. The van der Waals surface area contributed by atoms with E-state index >= 15 is 0 Å². The van der Waals surface area contributed by atoms with Gasteiger partial charge in [-0.25, -0.2) is 8.42 Å². The lowest BCUT2D eigenvalue weighted by Gasteiger charge is -2.24. The number of thiophene rings is 1. The molecule has 0 N–H and O–H groups in total. The van der Waals surface area contributed by atoms with Crippen molar-refractivity contribution >= 4 is 62.3 Å². The number of aryl methyl sites for hydroxylation is 1. The van der Waals surface area contributed by atoms with Crippen LogP contribution in [0.15, 0.2) is 66.7 Å². The Morgan fingerprint density at radius 3 is 2.14 bits per heavy atom. The van der Waals surface area contributed by atoms with E-state index in [1.807, 2.05) is 18.2 Å². The molecule has 234 valence electrons. The maximum atomic E-state index is 11.1. The van der Waals surface area contributed by atoms with Crippen molar-refractivity contribution in [3.63, 3.8) is 0 Å². The molecule has 0 spiro atoms. The number of benzene rings is 2. The van der Waals surface area contributed by atoms with Gasteiger partial charge < -0.3 is 14.2 Å². The quantitative estimate of drug-likeness (QED) is 0.0666. The Balaban J connectivity index is 1.47. The fraction of sp³-hybridized carbons (Fsp3) is 0.361. The van der Waals surface area contributed by atoms with Crippen LogP contribution in [0.5, 0.6) is 5.75 Å². The Bertz CT molecular complexity index is 1650. The van der Waals surface area contributed by atoms with Crippen LogP contribution < -0.4 is 14.2 Å². The van der Waals surface area contributed by atoms with Crippen LogP contribution in [0.3, 0.4) is 0 Å². The first kappa shape index (κ1) is 33.4. The third-order valence-corrected chi connectivity index (χ3v) is 9.43. The smallest absolute Gasteiger partial charge is 0.213 e. The van der Waals surface area contributed by atoms with E-state index in [9.17, 15) is 13.0 Å². The Kier molecular flexibility index (Phi) is 12.6. The number of methoxy groups -OCH3 is 1. The summed E-state index contributed by atoms with van der Waals surface area (Å²) < 4.78 is 40.8. The summed E-state index contributed by atoms with van der Waals surface area (Å²) in [5.41, 5.74) is 4.51. The summed E-state index contributed by atoms with van der Waals surface area (Å²) in [6.07, 6.45) is 14.3. The van der Waals surface area contributed by atoms with Crippen LogP contribution in [0.25, 0.3) is 35.2 Å². The summed E-state index contributed by atoms with van der Waals surface area (Å²) in [7, 11) is -2.57. The van der Waals surface area contributed by atoms with Crippen LogP contribution in [0.4, 0.5) is 5.69 Å². The first-order valence-corrected chi connectivity index (χ1v) is 17.9. The lowest BCUT2D eigenvalue weighted by atomic mass is 10.1. The molecular weight excluding hydrogens is 589 g/mol. The van der Waals surface area contributed by atoms with Gasteiger partial charge in [0.05, 0.1) is 22.6 Å². The molecule has 0 saturated carbocycles. The van der Waals surface area contributed by atoms with Crippen LogP contribution in [0.2, 0.25) is 0 Å². The van der Waals surface area contributed by atoms with Crippen molar-refractivity contribution in [2.45, 2.75) is 58.9 Å². The van der Waals surface area contributed by atoms with Gasteiger partial charge in [-0.05, 0) is 79.4 Å². The molecule has 6 nitrogen and oxygen atoms in total. The molecule has 2 aromatic carbocycles. The van der Waals surface area contributed by atoms with Crippen LogP contribution in [0.1, 0.15) is 73.4 Å². The molecular formula is C36H44N2O4S2. The van der Waals surface area contributed by atoms with Gasteiger partial charge in [-0.2, -0.15) is 4.57 Å². The highest BCUT2D eigenvalue weighted by Gasteiger charge is 2.15. The predicted molar refractivity (Wildman–Crippen MR) is 185 cm³/mol. The summed E-state index contributed by atoms with van der Waals surface area (Å²) in [5.74, 6) is 0.435. The van der Waals surface area contributed by atoms with E-state index < -0.39 is 10.1 Å². The van der Waals surface area contributed by atoms with Gasteiger partial charge in [-0.15, -0.1) is 11.3 Å². The number of anilines is 1. The lowest BCUT2D eigenvalue weighted by Crippen LogP contribution is -2.38. The molecule has 0 saturated heterocycles. The highest BCUT2D eigenvalue weighted by atomic mass is 32.2. The standard InChI is InChI=1S/C36H44N2O4S2/c1-4-6-24-37(25-7-5-2)31-14-10-29(11-15-31)12-19-34-21-22-35(43-34)20-17-32-16-13-30-28-33(42-3)18-23-36(30)38(32)26-8-9-27-44(39,40)41/h10-23,28H,4-9,24-27H2,1-3H3. The molecule has 0 unspecified atom stereocenters. The van der Waals surface area contributed by atoms with Crippen molar-refractivity contribution in [1.29, 1.82) is 0 Å². The second-order valence-corrected chi connectivity index (χ2v) is 13.7. The number of hydrogen-bond acceptors (Lipinski definition) is 6. The molecule has 0 radical (unpaired) electrons. The average Bonchev–Trinajstić information content (AvgIpc) is 3.48. The van der Waals surface area contributed by atoms with Crippen molar-refractivity contribution in [3.8, 4) is 5.75 Å². The van der Waals surface area contributed by atoms with Crippen LogP contribution in [-0.4, -0.2) is 38.9 Å². The van der Waals surface area contributed by atoms with Crippen molar-refractivity contribution in [2.24, 2.45) is 0 Å². The lowest BCUT2D eigenvalue weighted by molar-refractivity contribution is -0.673. The fourth-order valence-corrected chi connectivity index (χ4v) is 6.52. The van der Waals surface area contributed by atoms with Gasteiger partial charge in [-0.3, -0.25) is 0 Å². The van der Waals surface area contributed by atoms with Crippen LogP contribution in [-0.2, 0) is 16.7 Å². The molecule has 4 rings (SSSR count). The summed E-state index contributed by atoms with van der Waals surface area (Å²) in [4.78, 5) is 4.82. The van der Waals surface area contributed by atoms with E-state index in [4.69, 9.17) is 4.74 Å². The molecule has 8 heteroatoms. The molecule has 44 heavy (non-hydrogen) atoms. The second-order valence-electron chi connectivity index (χ2n) is 11.0. The SMILES string of the molecule is CCCCN(CCCC)c1ccc(/C=C/c2ccc(/C=C/c3ccc4cc(OC)ccc4[n+]3CCCCS(=O)(=O)[O-])s2)cc1. The van der Waals surface area contributed by atoms with Gasteiger partial charge in [0.1, 0.15) is 12.3 Å². The third kappa shape index (κ3) is 10.0. The summed E-state index contributed by atoms with van der Waals surface area (Å²) in [5, 5.41) is 1.03. The first-order valence-electron chi connectivity index (χ1n) is 15.5. The molecule has 0 aliphatic carbocycles. The number of unbranched alkanes of at least 4 members (excludes halogenated alkanes) is 3. The highest BCUT2D eigenvalue weighted by molar-refractivity contribution is 7.85. The monoisotopic (exact) mass is 632 g/mol. The van der Waals surface area contributed by atoms with Gasteiger partial charge in [0, 0.05) is 58.9 Å². The Morgan fingerprint density at radius 1 is 0.818 bits per heavy atom. The number of rotatable bonds is 17. The second kappa shape index (κ2) is 16.6. The number of ether oxygens (including phenoxy) is 1. The number of nitrogens with zero attached hydrogens (tertiary/aromatic N) is 2. The fourth-order valence-electron chi connectivity index (χ4n) is 5.14. The minimum atomic E-state index is -4.21. The largest absolute Gasteiger partial charge is 0.748 e. The van der Waals surface area contributed by atoms with E-state index in [0.29, 0.717) is 19.4 Å². The highest BCUT2D eigenvalue weighted by Crippen LogP contribution is 2.24. The molecule has 0 atom stereocenters. The predicted octanol–water partition coefficient (Wildman–Crippen LogP) is 8.27. The number of aromatic nitrogens is 1. The van der Waals surface area contributed by atoms with Gasteiger partial charge in [-0.1, -0.05) is 44.9 Å². The third-order valence-electron chi connectivity index (χ3n) is 7.62. The van der Waals surface area contributed by atoms with E-state index in [-0.39, 0.29) is 5.75 Å². The maximum Gasteiger partial charge on any atom is 0.213 e. The minimum absolute atomic E-state index is 0.327. The van der Waals surface area contributed by atoms with Gasteiger partial charge >= 0.3 is 0 Å². The molecule has 0 bridgehead atoms. The van der Waals surface area contributed by atoms with E-state index in [1.165, 1.54) is 41.8 Å². The zero-order valence-corrected chi connectivity index (χ0v) is 27.7. The molecule has 2 aromatic heterocycles. The zero-order chi connectivity index (χ0) is 31.4. The molecule has 0 amide bonds. The van der Waals surface area contributed by atoms with Crippen molar-refractivity contribution < 1.29 is 22.3 Å². The van der Waals surface area contributed by atoms with E-state index in [1.54, 1.807) is 18.4 Å². The molecule has 0 aliphatic heterocycles. The minimum Gasteiger partial charge on any atom is -0.748 e. The van der Waals surface area contributed by atoms with Crippen molar-refractivity contribution in [1.82, 2.24) is 0 Å². The zero-order valence-electron chi connectivity index (χ0n) is 26.1. The van der Waals surface area contributed by atoms with Gasteiger partial charge in [0.2, 0.25) is 11.2 Å². The normalized spacial score (nSPS) is 12.1. The van der Waals surface area contributed by atoms with Crippen molar-refractivity contribution in [3.05, 3.63) is 87.7 Å². The van der Waals surface area contributed by atoms with Gasteiger partial charge in [0.15, 0.2) is 0 Å². The molecule has 2 heterocycles. The molecule has 4 aromatic rings. The number of fused-ring (bicyclic) bond motifs is 1. The Morgan fingerprint density at radius 2 is 1.50 bits per heavy atom. The van der Waals surface area contributed by atoms with E-state index in [0.717, 1.165) is 40.3 Å². The average molecular weight is 633 g/mol. The summed E-state index contributed by atoms with van der Waals surface area (Å²) in [6, 6.07) is 23.2. The molecule has 0 aliphatic rings. The molecule has 0 fully saturated rings. The number of pyridine rings is 1.